The second kappa shape index (κ2) is 7.63. The predicted octanol–water partition coefficient (Wildman–Crippen LogP) is 2.09. The second-order valence-corrected chi connectivity index (χ2v) is 5.75. The topological polar surface area (TPSA) is 54.5 Å². The third-order valence-corrected chi connectivity index (χ3v) is 3.61. The highest BCUT2D eigenvalue weighted by atomic mass is 19.4. The van der Waals surface area contributed by atoms with E-state index < -0.39 is 18.7 Å². The molecule has 0 bridgehead atoms. The molecule has 2 heterocycles. The van der Waals surface area contributed by atoms with Gasteiger partial charge in [-0.15, -0.1) is 0 Å². The van der Waals surface area contributed by atoms with Gasteiger partial charge in [0.15, 0.2) is 6.61 Å². The van der Waals surface area contributed by atoms with E-state index in [4.69, 9.17) is 0 Å². The Labute approximate surface area is 132 Å². The van der Waals surface area contributed by atoms with Crippen molar-refractivity contribution in [1.29, 1.82) is 0 Å². The smallest absolute Gasteiger partial charge is 0.422 e. The Morgan fingerprint density at radius 1 is 1.48 bits per heavy atom. The Balaban J connectivity index is 1.86. The van der Waals surface area contributed by atoms with Crippen molar-refractivity contribution in [3.05, 3.63) is 23.9 Å². The summed E-state index contributed by atoms with van der Waals surface area (Å²) in [6.45, 7) is 1.07. The molecule has 5 nitrogen and oxygen atoms in total. The van der Waals surface area contributed by atoms with Crippen molar-refractivity contribution in [1.82, 2.24) is 15.2 Å². The summed E-state index contributed by atoms with van der Waals surface area (Å²) >= 11 is 0. The molecule has 1 amide bonds. The van der Waals surface area contributed by atoms with Gasteiger partial charge in [0, 0.05) is 19.2 Å². The van der Waals surface area contributed by atoms with E-state index in [1.54, 1.807) is 0 Å². The number of rotatable bonds is 5. The van der Waals surface area contributed by atoms with Crippen LogP contribution in [0.5, 0.6) is 5.88 Å². The lowest BCUT2D eigenvalue weighted by Crippen LogP contribution is -2.39. The fourth-order valence-electron chi connectivity index (χ4n) is 2.54. The normalized spacial score (nSPS) is 19.4. The zero-order valence-corrected chi connectivity index (χ0v) is 12.9. The van der Waals surface area contributed by atoms with Crippen molar-refractivity contribution < 1.29 is 22.7 Å². The molecule has 23 heavy (non-hydrogen) atoms. The van der Waals surface area contributed by atoms with Crippen LogP contribution in [0.4, 0.5) is 13.2 Å². The number of carbonyl (C=O) groups excluding carboxylic acids is 1. The van der Waals surface area contributed by atoms with Gasteiger partial charge in [-0.25, -0.2) is 4.98 Å². The van der Waals surface area contributed by atoms with Gasteiger partial charge in [-0.2, -0.15) is 13.2 Å². The van der Waals surface area contributed by atoms with E-state index in [1.807, 2.05) is 7.05 Å². The van der Waals surface area contributed by atoms with Crippen molar-refractivity contribution in [3.63, 3.8) is 0 Å². The summed E-state index contributed by atoms with van der Waals surface area (Å²) in [4.78, 5) is 18.1. The highest BCUT2D eigenvalue weighted by molar-refractivity contribution is 5.92. The first kappa shape index (κ1) is 17.5. The van der Waals surface area contributed by atoms with E-state index in [9.17, 15) is 18.0 Å². The Morgan fingerprint density at radius 2 is 2.26 bits per heavy atom. The summed E-state index contributed by atoms with van der Waals surface area (Å²) in [5.41, 5.74) is 0.0499. The maximum Gasteiger partial charge on any atom is 0.422 e. The molecule has 1 aliphatic heterocycles. The van der Waals surface area contributed by atoms with Crippen LogP contribution in [-0.2, 0) is 0 Å². The van der Waals surface area contributed by atoms with Gasteiger partial charge in [0.05, 0.1) is 0 Å². The predicted molar refractivity (Wildman–Crippen MR) is 78.3 cm³/mol. The lowest BCUT2D eigenvalue weighted by Gasteiger charge is -2.29. The van der Waals surface area contributed by atoms with Crippen LogP contribution in [0.25, 0.3) is 0 Å². The maximum atomic E-state index is 12.1. The minimum absolute atomic E-state index is 0.0499. The summed E-state index contributed by atoms with van der Waals surface area (Å²) < 4.78 is 40.9. The van der Waals surface area contributed by atoms with Crippen molar-refractivity contribution in [2.24, 2.45) is 5.92 Å². The summed E-state index contributed by atoms with van der Waals surface area (Å²) in [7, 11) is 2.04. The number of amides is 1. The number of aromatic nitrogens is 1. The van der Waals surface area contributed by atoms with E-state index >= 15 is 0 Å². The van der Waals surface area contributed by atoms with Crippen LogP contribution in [0.2, 0.25) is 0 Å². The minimum atomic E-state index is -4.44. The lowest BCUT2D eigenvalue weighted by atomic mass is 9.98. The molecule has 1 aliphatic rings. The van der Waals surface area contributed by atoms with Crippen LogP contribution < -0.4 is 10.1 Å². The molecule has 0 aliphatic carbocycles. The largest absolute Gasteiger partial charge is 0.468 e. The van der Waals surface area contributed by atoms with Crippen LogP contribution in [0.3, 0.4) is 0 Å². The van der Waals surface area contributed by atoms with Crippen LogP contribution in [0, 0.1) is 5.92 Å². The summed E-state index contributed by atoms with van der Waals surface area (Å²) in [5, 5.41) is 2.78. The van der Waals surface area contributed by atoms with Gasteiger partial charge in [-0.3, -0.25) is 4.79 Å². The standard InChI is InChI=1S/C15H20F3N3O2/c1-21-7-3-4-11(9-21)8-19-14(22)12-5-2-6-13(20-12)23-10-15(16,17)18/h2,5-6,11H,3-4,7-10H2,1H3,(H,19,22)/t11-/m1/s1. The number of hydrogen-bond donors (Lipinski definition) is 1. The average Bonchev–Trinajstić information content (AvgIpc) is 2.50. The molecular weight excluding hydrogens is 311 g/mol. The number of halogens is 3. The van der Waals surface area contributed by atoms with E-state index in [1.165, 1.54) is 18.2 Å². The number of alkyl halides is 3. The fourth-order valence-corrected chi connectivity index (χ4v) is 2.54. The zero-order chi connectivity index (χ0) is 16.9. The Hall–Kier alpha value is -1.83. The van der Waals surface area contributed by atoms with Gasteiger partial charge in [0.1, 0.15) is 5.69 Å². The maximum absolute atomic E-state index is 12.1. The number of ether oxygens (including phenoxy) is 1. The summed E-state index contributed by atoms with van der Waals surface area (Å²) in [6.07, 6.45) is -2.30. The third-order valence-electron chi connectivity index (χ3n) is 3.61. The molecule has 1 atom stereocenters. The molecule has 2 rings (SSSR count). The molecular formula is C15H20F3N3O2. The first-order chi connectivity index (χ1) is 10.8. The summed E-state index contributed by atoms with van der Waals surface area (Å²) in [6, 6.07) is 4.18. The number of carbonyl (C=O) groups is 1. The van der Waals surface area contributed by atoms with Crippen molar-refractivity contribution in [3.8, 4) is 5.88 Å². The van der Waals surface area contributed by atoms with Crippen molar-refractivity contribution in [2.45, 2.75) is 19.0 Å². The highest BCUT2D eigenvalue weighted by Gasteiger charge is 2.28. The first-order valence-corrected chi connectivity index (χ1v) is 7.47. The van der Waals surface area contributed by atoms with Crippen molar-refractivity contribution in [2.75, 3.05) is 33.3 Å². The number of nitrogens with zero attached hydrogens (tertiary/aromatic N) is 2. The van der Waals surface area contributed by atoms with Crippen LogP contribution in [0.15, 0.2) is 18.2 Å². The lowest BCUT2D eigenvalue weighted by molar-refractivity contribution is -0.154. The molecule has 8 heteroatoms. The second-order valence-electron chi connectivity index (χ2n) is 5.75. The molecule has 1 aromatic heterocycles. The molecule has 0 spiro atoms. The van der Waals surface area contributed by atoms with Crippen LogP contribution in [-0.4, -0.2) is 55.3 Å². The number of likely N-dealkylation sites (tertiary alicyclic amines) is 1. The quantitative estimate of drug-likeness (QED) is 0.898. The Morgan fingerprint density at radius 3 is 2.96 bits per heavy atom. The minimum Gasteiger partial charge on any atom is -0.468 e. The molecule has 128 valence electrons. The zero-order valence-electron chi connectivity index (χ0n) is 12.9. The van der Waals surface area contributed by atoms with Crippen LogP contribution >= 0.6 is 0 Å². The Kier molecular flexibility index (Phi) is 5.81. The van der Waals surface area contributed by atoms with Gasteiger partial charge in [-0.05, 0) is 38.4 Å². The average molecular weight is 331 g/mol. The van der Waals surface area contributed by atoms with Gasteiger partial charge in [-0.1, -0.05) is 6.07 Å². The molecule has 1 N–H and O–H groups in total. The van der Waals surface area contributed by atoms with Gasteiger partial charge in [0.2, 0.25) is 5.88 Å². The molecule has 0 unspecified atom stereocenters. The highest BCUT2D eigenvalue weighted by Crippen LogP contribution is 2.17. The van der Waals surface area contributed by atoms with Gasteiger partial charge < -0.3 is 15.0 Å². The van der Waals surface area contributed by atoms with Gasteiger partial charge >= 0.3 is 6.18 Å². The molecule has 0 aromatic carbocycles. The molecule has 1 fully saturated rings. The monoisotopic (exact) mass is 331 g/mol. The summed E-state index contributed by atoms with van der Waals surface area (Å²) in [5.74, 6) is -0.245. The fraction of sp³-hybridized carbons (Fsp3) is 0.600. The van der Waals surface area contributed by atoms with E-state index in [0.29, 0.717) is 12.5 Å². The number of piperidine rings is 1. The first-order valence-electron chi connectivity index (χ1n) is 7.47. The van der Waals surface area contributed by atoms with E-state index in [-0.39, 0.29) is 11.6 Å². The van der Waals surface area contributed by atoms with E-state index in [2.05, 4.69) is 19.9 Å². The van der Waals surface area contributed by atoms with Crippen LogP contribution in [0.1, 0.15) is 23.3 Å². The molecule has 1 aromatic rings. The van der Waals surface area contributed by atoms with E-state index in [0.717, 1.165) is 25.9 Å². The number of hydrogen-bond acceptors (Lipinski definition) is 4. The molecule has 0 radical (unpaired) electrons. The van der Waals surface area contributed by atoms with Crippen molar-refractivity contribution >= 4 is 5.91 Å². The number of pyridine rings is 1. The molecule has 0 saturated carbocycles. The Bertz CT molecular complexity index is 537. The molecule has 1 saturated heterocycles. The SMILES string of the molecule is CN1CCC[C@H](CNC(=O)c2cccc(OCC(F)(F)F)n2)C1. The third kappa shape index (κ3) is 6.05. The van der Waals surface area contributed by atoms with Gasteiger partial charge in [0.25, 0.3) is 5.91 Å². The number of nitrogens with one attached hydrogen (secondary N) is 1.